The summed E-state index contributed by atoms with van der Waals surface area (Å²) >= 11 is 1.68. The van der Waals surface area contributed by atoms with Crippen LogP contribution in [0, 0.1) is 5.92 Å². The molecule has 4 aromatic rings. The van der Waals surface area contributed by atoms with Gasteiger partial charge in [0.25, 0.3) is 0 Å². The minimum atomic E-state index is 0.319. The second kappa shape index (κ2) is 7.92. The molecular formula is C22H24N4S. The largest absolute Gasteiger partial charge is 0.332 e. The Kier molecular flexibility index (Phi) is 5.21. The normalized spacial score (nSPS) is 12.6. The summed E-state index contributed by atoms with van der Waals surface area (Å²) in [7, 11) is 0. The van der Waals surface area contributed by atoms with E-state index >= 15 is 0 Å². The Labute approximate surface area is 163 Å². The number of aromatic nitrogens is 3. The number of rotatable bonds is 7. The second-order valence-electron chi connectivity index (χ2n) is 6.77. The fraction of sp³-hybridized carbons (Fsp3) is 0.273. The molecule has 1 atom stereocenters. The van der Waals surface area contributed by atoms with E-state index in [9.17, 15) is 0 Å². The maximum atomic E-state index is 4.66. The molecule has 2 aromatic heterocycles. The molecule has 0 saturated carbocycles. The first-order valence-electron chi connectivity index (χ1n) is 9.48. The molecule has 0 fully saturated rings. The van der Waals surface area contributed by atoms with E-state index < -0.39 is 0 Å². The third-order valence-electron chi connectivity index (χ3n) is 5.14. The molecule has 2 aromatic carbocycles. The topological polar surface area (TPSA) is 42.7 Å². The molecule has 2 heterocycles. The lowest BCUT2D eigenvalue weighted by Gasteiger charge is -2.27. The molecule has 1 N–H and O–H groups in total. The third-order valence-corrected chi connectivity index (χ3v) is 6.09. The number of hydrogen-bond acceptors (Lipinski definition) is 4. The van der Waals surface area contributed by atoms with Gasteiger partial charge in [0, 0.05) is 18.1 Å². The number of anilines is 2. The molecule has 0 bridgehead atoms. The van der Waals surface area contributed by atoms with Crippen LogP contribution in [0.15, 0.2) is 67.3 Å². The van der Waals surface area contributed by atoms with Crippen molar-refractivity contribution in [3.05, 3.63) is 72.8 Å². The van der Waals surface area contributed by atoms with Crippen LogP contribution >= 0.6 is 11.3 Å². The van der Waals surface area contributed by atoms with Gasteiger partial charge >= 0.3 is 0 Å². The average Bonchev–Trinajstić information content (AvgIpc) is 3.36. The van der Waals surface area contributed by atoms with Crippen molar-refractivity contribution >= 4 is 32.4 Å². The molecule has 0 spiro atoms. The summed E-state index contributed by atoms with van der Waals surface area (Å²) in [4.78, 5) is 8.91. The molecule has 0 amide bonds. The molecule has 4 rings (SSSR count). The van der Waals surface area contributed by atoms with Crippen molar-refractivity contribution in [2.24, 2.45) is 5.92 Å². The van der Waals surface area contributed by atoms with Gasteiger partial charge in [-0.25, -0.2) is 9.97 Å². The Hall–Kier alpha value is -2.66. The summed E-state index contributed by atoms with van der Waals surface area (Å²) in [6, 6.07) is 17.3. The highest BCUT2D eigenvalue weighted by atomic mass is 32.1. The van der Waals surface area contributed by atoms with Crippen molar-refractivity contribution in [3.63, 3.8) is 0 Å². The molecule has 1 unspecified atom stereocenters. The van der Waals surface area contributed by atoms with Crippen LogP contribution < -0.4 is 5.32 Å². The van der Waals surface area contributed by atoms with E-state index in [1.54, 1.807) is 11.3 Å². The van der Waals surface area contributed by atoms with Crippen molar-refractivity contribution in [1.29, 1.82) is 0 Å². The SMILES string of the molecule is CCC(CC)C(c1ccc(Nc2nc3ccccc3s2)cc1)n1ccnc1. The Balaban J connectivity index is 1.58. The molecule has 138 valence electrons. The van der Waals surface area contributed by atoms with E-state index in [1.165, 1.54) is 10.3 Å². The molecule has 0 radical (unpaired) electrons. The fourth-order valence-corrected chi connectivity index (χ4v) is 4.56. The van der Waals surface area contributed by atoms with Crippen LogP contribution in [0.3, 0.4) is 0 Å². The van der Waals surface area contributed by atoms with E-state index in [1.807, 2.05) is 30.7 Å². The second-order valence-corrected chi connectivity index (χ2v) is 7.80. The summed E-state index contributed by atoms with van der Waals surface area (Å²) in [5.41, 5.74) is 3.42. The van der Waals surface area contributed by atoms with Gasteiger partial charge in [-0.3, -0.25) is 0 Å². The molecule has 0 saturated heterocycles. The highest BCUT2D eigenvalue weighted by Gasteiger charge is 2.21. The summed E-state index contributed by atoms with van der Waals surface area (Å²) in [6.07, 6.45) is 8.14. The first-order chi connectivity index (χ1) is 13.3. The minimum Gasteiger partial charge on any atom is -0.332 e. The van der Waals surface area contributed by atoms with Gasteiger partial charge in [0.2, 0.25) is 0 Å². The zero-order valence-electron chi connectivity index (χ0n) is 15.7. The van der Waals surface area contributed by atoms with Crippen LogP contribution in [0.4, 0.5) is 10.8 Å². The van der Waals surface area contributed by atoms with Gasteiger partial charge in [0.15, 0.2) is 5.13 Å². The summed E-state index contributed by atoms with van der Waals surface area (Å²) in [5, 5.41) is 4.37. The van der Waals surface area contributed by atoms with Crippen LogP contribution in [0.25, 0.3) is 10.2 Å². The maximum Gasteiger partial charge on any atom is 0.188 e. The van der Waals surface area contributed by atoms with Crippen LogP contribution in [-0.2, 0) is 0 Å². The van der Waals surface area contributed by atoms with Gasteiger partial charge in [-0.15, -0.1) is 0 Å². The number of nitrogens with zero attached hydrogens (tertiary/aromatic N) is 3. The lowest BCUT2D eigenvalue weighted by atomic mass is 9.88. The zero-order valence-corrected chi connectivity index (χ0v) is 16.5. The van der Waals surface area contributed by atoms with Gasteiger partial charge in [-0.1, -0.05) is 62.3 Å². The molecular weight excluding hydrogens is 352 g/mol. The average molecular weight is 377 g/mol. The van der Waals surface area contributed by atoms with Crippen molar-refractivity contribution in [3.8, 4) is 0 Å². The minimum absolute atomic E-state index is 0.319. The van der Waals surface area contributed by atoms with Crippen molar-refractivity contribution < 1.29 is 0 Å². The monoisotopic (exact) mass is 376 g/mol. The first kappa shape index (κ1) is 17.7. The Morgan fingerprint density at radius 2 is 1.81 bits per heavy atom. The van der Waals surface area contributed by atoms with E-state index in [0.29, 0.717) is 12.0 Å². The van der Waals surface area contributed by atoms with Crippen molar-refractivity contribution in [2.45, 2.75) is 32.7 Å². The first-order valence-corrected chi connectivity index (χ1v) is 10.3. The summed E-state index contributed by atoms with van der Waals surface area (Å²) < 4.78 is 3.43. The van der Waals surface area contributed by atoms with Crippen LogP contribution in [0.2, 0.25) is 0 Å². The smallest absolute Gasteiger partial charge is 0.188 e. The van der Waals surface area contributed by atoms with E-state index in [0.717, 1.165) is 29.2 Å². The Bertz CT molecular complexity index is 952. The standard InChI is InChI=1S/C22H24N4S/c1-3-16(4-2)21(26-14-13-23-15-26)17-9-11-18(12-10-17)24-22-25-19-7-5-6-8-20(19)27-22/h5-16,21H,3-4H2,1-2H3,(H,24,25). The summed E-state index contributed by atoms with van der Waals surface area (Å²) in [6.45, 7) is 4.53. The predicted molar refractivity (Wildman–Crippen MR) is 114 cm³/mol. The van der Waals surface area contributed by atoms with Gasteiger partial charge in [0.1, 0.15) is 0 Å². The Morgan fingerprint density at radius 1 is 1.04 bits per heavy atom. The number of thiazole rings is 1. The number of nitrogens with one attached hydrogen (secondary N) is 1. The van der Waals surface area contributed by atoms with Gasteiger partial charge < -0.3 is 9.88 Å². The molecule has 0 aliphatic rings. The summed E-state index contributed by atoms with van der Waals surface area (Å²) in [5.74, 6) is 0.585. The number of imidazole rings is 1. The molecule has 4 nitrogen and oxygen atoms in total. The van der Waals surface area contributed by atoms with Crippen molar-refractivity contribution in [1.82, 2.24) is 14.5 Å². The number of hydrogen-bond donors (Lipinski definition) is 1. The quantitative estimate of drug-likeness (QED) is 0.414. The van der Waals surface area contributed by atoms with Crippen LogP contribution in [0.5, 0.6) is 0 Å². The number of para-hydroxylation sites is 1. The highest BCUT2D eigenvalue weighted by molar-refractivity contribution is 7.22. The predicted octanol–water partition coefficient (Wildman–Crippen LogP) is 6.26. The fourth-order valence-electron chi connectivity index (χ4n) is 3.67. The van der Waals surface area contributed by atoms with Crippen LogP contribution in [0.1, 0.15) is 38.3 Å². The molecule has 27 heavy (non-hydrogen) atoms. The van der Waals surface area contributed by atoms with E-state index in [2.05, 4.69) is 70.2 Å². The zero-order chi connectivity index (χ0) is 18.6. The van der Waals surface area contributed by atoms with Gasteiger partial charge in [0.05, 0.1) is 22.6 Å². The van der Waals surface area contributed by atoms with E-state index in [-0.39, 0.29) is 0 Å². The number of fused-ring (bicyclic) bond motifs is 1. The molecule has 5 heteroatoms. The number of benzene rings is 2. The lowest BCUT2D eigenvalue weighted by molar-refractivity contribution is 0.355. The Morgan fingerprint density at radius 3 is 2.48 bits per heavy atom. The third kappa shape index (κ3) is 3.74. The molecule has 0 aliphatic carbocycles. The van der Waals surface area contributed by atoms with E-state index in [4.69, 9.17) is 0 Å². The maximum absolute atomic E-state index is 4.66. The van der Waals surface area contributed by atoms with Crippen molar-refractivity contribution in [2.75, 3.05) is 5.32 Å². The lowest BCUT2D eigenvalue weighted by Crippen LogP contribution is -2.19. The highest BCUT2D eigenvalue weighted by Crippen LogP contribution is 2.33. The van der Waals surface area contributed by atoms with Crippen LogP contribution in [-0.4, -0.2) is 14.5 Å². The molecule has 0 aliphatic heterocycles. The van der Waals surface area contributed by atoms with Gasteiger partial charge in [-0.05, 0) is 35.7 Å². The van der Waals surface area contributed by atoms with Gasteiger partial charge in [-0.2, -0.15) is 0 Å².